The fraction of sp³-hybridized carbons (Fsp3) is 0. The Labute approximate surface area is 101 Å². The van der Waals surface area contributed by atoms with Crippen molar-refractivity contribution >= 4 is 5.97 Å². The number of aromatic carboxylic acids is 1. The molecule has 0 aromatic heterocycles. The monoisotopic (exact) mass is 250 g/mol. The molecule has 0 spiro atoms. The second kappa shape index (κ2) is 4.44. The summed E-state index contributed by atoms with van der Waals surface area (Å²) in [5.41, 5.74) is -0.0822. The van der Waals surface area contributed by atoms with Gasteiger partial charge < -0.3 is 10.2 Å². The van der Waals surface area contributed by atoms with Gasteiger partial charge in [0.15, 0.2) is 0 Å². The molecule has 92 valence electrons. The molecule has 0 saturated carbocycles. The molecule has 0 saturated heterocycles. The molecule has 2 N–H and O–H groups in total. The number of phenolic OH excluding ortho intramolecular Hbond substituents is 1. The van der Waals surface area contributed by atoms with E-state index in [1.165, 1.54) is 18.2 Å². The lowest BCUT2D eigenvalue weighted by molar-refractivity contribution is 0.0696. The molecular formula is C13H8F2O3. The van der Waals surface area contributed by atoms with Gasteiger partial charge in [0.1, 0.15) is 17.4 Å². The molecule has 0 radical (unpaired) electrons. The van der Waals surface area contributed by atoms with E-state index in [4.69, 9.17) is 5.11 Å². The van der Waals surface area contributed by atoms with Gasteiger partial charge in [0, 0.05) is 17.2 Å². The molecule has 0 fully saturated rings. The van der Waals surface area contributed by atoms with Crippen molar-refractivity contribution in [3.8, 4) is 16.9 Å². The number of hydrogen-bond donors (Lipinski definition) is 2. The molecule has 0 atom stereocenters. The number of rotatable bonds is 2. The van der Waals surface area contributed by atoms with Crippen molar-refractivity contribution in [2.24, 2.45) is 0 Å². The SMILES string of the molecule is O=C(O)c1ccc(-c2ccc(F)cc2O)c(F)c1. The zero-order valence-corrected chi connectivity index (χ0v) is 9.02. The molecule has 0 aliphatic heterocycles. The summed E-state index contributed by atoms with van der Waals surface area (Å²) in [6, 6.07) is 6.46. The van der Waals surface area contributed by atoms with Crippen LogP contribution in [0, 0.1) is 11.6 Å². The molecule has 0 bridgehead atoms. The van der Waals surface area contributed by atoms with Crippen molar-refractivity contribution in [2.45, 2.75) is 0 Å². The molecule has 0 amide bonds. The highest BCUT2D eigenvalue weighted by atomic mass is 19.1. The summed E-state index contributed by atoms with van der Waals surface area (Å²) in [5, 5.41) is 18.2. The summed E-state index contributed by atoms with van der Waals surface area (Å²) in [7, 11) is 0. The predicted octanol–water partition coefficient (Wildman–Crippen LogP) is 3.04. The van der Waals surface area contributed by atoms with Crippen molar-refractivity contribution in [2.75, 3.05) is 0 Å². The second-order valence-corrected chi connectivity index (χ2v) is 3.66. The number of carboxylic acids is 1. The third-order valence-corrected chi connectivity index (χ3v) is 2.47. The van der Waals surface area contributed by atoms with E-state index in [2.05, 4.69) is 0 Å². The summed E-state index contributed by atoms with van der Waals surface area (Å²) >= 11 is 0. The Kier molecular flexibility index (Phi) is 2.97. The van der Waals surface area contributed by atoms with Gasteiger partial charge in [0.2, 0.25) is 0 Å². The van der Waals surface area contributed by atoms with Crippen molar-refractivity contribution in [1.82, 2.24) is 0 Å². The first-order valence-electron chi connectivity index (χ1n) is 5.01. The maximum absolute atomic E-state index is 13.7. The van der Waals surface area contributed by atoms with E-state index in [9.17, 15) is 18.7 Å². The fourth-order valence-electron chi connectivity index (χ4n) is 1.60. The van der Waals surface area contributed by atoms with Crippen LogP contribution >= 0.6 is 0 Å². The second-order valence-electron chi connectivity index (χ2n) is 3.66. The molecule has 5 heteroatoms. The van der Waals surface area contributed by atoms with E-state index in [-0.39, 0.29) is 16.7 Å². The van der Waals surface area contributed by atoms with Gasteiger partial charge in [0.25, 0.3) is 0 Å². The van der Waals surface area contributed by atoms with E-state index in [1.807, 2.05) is 0 Å². The third kappa shape index (κ3) is 2.15. The lowest BCUT2D eigenvalue weighted by Gasteiger charge is -2.07. The first-order chi connectivity index (χ1) is 8.49. The average molecular weight is 250 g/mol. The van der Waals surface area contributed by atoms with E-state index < -0.39 is 23.4 Å². The van der Waals surface area contributed by atoms with Crippen LogP contribution < -0.4 is 0 Å². The normalized spacial score (nSPS) is 10.3. The predicted molar refractivity (Wildman–Crippen MR) is 60.4 cm³/mol. The number of halogens is 2. The highest BCUT2D eigenvalue weighted by Gasteiger charge is 2.13. The highest BCUT2D eigenvalue weighted by Crippen LogP contribution is 2.31. The lowest BCUT2D eigenvalue weighted by Crippen LogP contribution is -1.97. The summed E-state index contributed by atoms with van der Waals surface area (Å²) in [4.78, 5) is 10.6. The zero-order valence-electron chi connectivity index (χ0n) is 9.02. The minimum absolute atomic E-state index is 0.0116. The fourth-order valence-corrected chi connectivity index (χ4v) is 1.60. The van der Waals surface area contributed by atoms with E-state index in [0.29, 0.717) is 0 Å². The average Bonchev–Trinajstić information content (AvgIpc) is 2.30. The molecule has 18 heavy (non-hydrogen) atoms. The van der Waals surface area contributed by atoms with E-state index in [1.54, 1.807) is 0 Å². The highest BCUT2D eigenvalue weighted by molar-refractivity contribution is 5.88. The largest absolute Gasteiger partial charge is 0.507 e. The summed E-state index contributed by atoms with van der Waals surface area (Å²) in [6.07, 6.45) is 0. The molecule has 0 heterocycles. The van der Waals surface area contributed by atoms with Crippen LogP contribution in [0.5, 0.6) is 5.75 Å². The van der Waals surface area contributed by atoms with Crippen LogP contribution in [-0.4, -0.2) is 16.2 Å². The van der Waals surface area contributed by atoms with Gasteiger partial charge in [0.05, 0.1) is 5.56 Å². The molecule has 3 nitrogen and oxygen atoms in total. The Morgan fingerprint density at radius 3 is 2.22 bits per heavy atom. The molecule has 2 aromatic carbocycles. The van der Waals surface area contributed by atoms with Crippen molar-refractivity contribution in [3.63, 3.8) is 0 Å². The molecule has 0 unspecified atom stereocenters. The Bertz CT molecular complexity index is 624. The molecule has 2 rings (SSSR count). The lowest BCUT2D eigenvalue weighted by atomic mass is 10.0. The van der Waals surface area contributed by atoms with Gasteiger partial charge in [-0.15, -0.1) is 0 Å². The Hall–Kier alpha value is -2.43. The van der Waals surface area contributed by atoms with Gasteiger partial charge >= 0.3 is 5.97 Å². The van der Waals surface area contributed by atoms with Gasteiger partial charge in [-0.2, -0.15) is 0 Å². The van der Waals surface area contributed by atoms with Crippen molar-refractivity contribution < 1.29 is 23.8 Å². The molecule has 0 aliphatic rings. The Morgan fingerprint density at radius 1 is 1.00 bits per heavy atom. The number of benzene rings is 2. The maximum Gasteiger partial charge on any atom is 0.335 e. The zero-order chi connectivity index (χ0) is 13.3. The molecule has 0 aliphatic carbocycles. The molecule has 2 aromatic rings. The number of phenols is 1. The van der Waals surface area contributed by atoms with Crippen molar-refractivity contribution in [1.29, 1.82) is 0 Å². The van der Waals surface area contributed by atoms with E-state index >= 15 is 0 Å². The maximum atomic E-state index is 13.7. The number of carboxylic acid groups (broad SMARTS) is 1. The minimum atomic E-state index is -1.25. The van der Waals surface area contributed by atoms with Crippen LogP contribution in [-0.2, 0) is 0 Å². The number of carbonyl (C=O) groups is 1. The van der Waals surface area contributed by atoms with Crippen LogP contribution in [0.4, 0.5) is 8.78 Å². The minimum Gasteiger partial charge on any atom is -0.507 e. The van der Waals surface area contributed by atoms with Gasteiger partial charge in [-0.25, -0.2) is 13.6 Å². The van der Waals surface area contributed by atoms with Gasteiger partial charge in [-0.05, 0) is 24.3 Å². The van der Waals surface area contributed by atoms with Crippen LogP contribution in [0.1, 0.15) is 10.4 Å². The Balaban J connectivity index is 2.54. The topological polar surface area (TPSA) is 57.5 Å². The smallest absolute Gasteiger partial charge is 0.335 e. The first-order valence-corrected chi connectivity index (χ1v) is 5.01. The number of hydrogen-bond acceptors (Lipinski definition) is 2. The quantitative estimate of drug-likeness (QED) is 0.861. The Morgan fingerprint density at radius 2 is 1.67 bits per heavy atom. The van der Waals surface area contributed by atoms with Crippen LogP contribution in [0.2, 0.25) is 0 Å². The van der Waals surface area contributed by atoms with Crippen LogP contribution in [0.15, 0.2) is 36.4 Å². The summed E-state index contributed by atoms with van der Waals surface area (Å²) < 4.78 is 26.5. The summed E-state index contributed by atoms with van der Waals surface area (Å²) in [6.45, 7) is 0. The van der Waals surface area contributed by atoms with Crippen molar-refractivity contribution in [3.05, 3.63) is 53.6 Å². The van der Waals surface area contributed by atoms with Gasteiger partial charge in [-0.3, -0.25) is 0 Å². The molecular weight excluding hydrogens is 242 g/mol. The third-order valence-electron chi connectivity index (χ3n) is 2.47. The first kappa shape index (κ1) is 12.0. The van der Waals surface area contributed by atoms with Crippen LogP contribution in [0.25, 0.3) is 11.1 Å². The summed E-state index contributed by atoms with van der Waals surface area (Å²) in [5.74, 6) is -3.09. The van der Waals surface area contributed by atoms with Gasteiger partial charge in [-0.1, -0.05) is 6.07 Å². The standard InChI is InChI=1S/C13H8F2O3/c14-8-2-4-10(12(16)6-8)9-3-1-7(13(17)18)5-11(9)15/h1-6,16H,(H,17,18). The van der Waals surface area contributed by atoms with Crippen LogP contribution in [0.3, 0.4) is 0 Å². The number of aromatic hydroxyl groups is 1. The van der Waals surface area contributed by atoms with E-state index in [0.717, 1.165) is 18.2 Å².